The van der Waals surface area contributed by atoms with Crippen LogP contribution in [0.2, 0.25) is 0 Å². The molecule has 0 saturated carbocycles. The fourth-order valence-corrected chi connectivity index (χ4v) is 1.95. The van der Waals surface area contributed by atoms with Gasteiger partial charge in [0.15, 0.2) is 0 Å². The van der Waals surface area contributed by atoms with Crippen LogP contribution in [-0.4, -0.2) is 66.7 Å². The van der Waals surface area contributed by atoms with Crippen molar-refractivity contribution >= 4 is 15.7 Å². The van der Waals surface area contributed by atoms with Crippen molar-refractivity contribution in [2.24, 2.45) is 0 Å². The van der Waals surface area contributed by atoms with Gasteiger partial charge in [-0.2, -0.15) is 0 Å². The highest BCUT2D eigenvalue weighted by Gasteiger charge is 2.32. The standard InChI is InChI=1S/C8H15NO5S/c1-15(13,14)3-2-8(12)9-4-6(10)7(11)5-9/h6-7,10-11H,2-5H2,1H3/t6-,7+. The monoisotopic (exact) mass is 237 g/mol. The molecule has 1 amide bonds. The summed E-state index contributed by atoms with van der Waals surface area (Å²) in [6.07, 6.45) is -0.883. The molecule has 0 unspecified atom stereocenters. The van der Waals surface area contributed by atoms with E-state index >= 15 is 0 Å². The third kappa shape index (κ3) is 3.77. The summed E-state index contributed by atoms with van der Waals surface area (Å²) in [7, 11) is -3.15. The lowest BCUT2D eigenvalue weighted by Gasteiger charge is -2.14. The van der Waals surface area contributed by atoms with E-state index in [4.69, 9.17) is 0 Å². The Morgan fingerprint density at radius 3 is 2.20 bits per heavy atom. The summed E-state index contributed by atoms with van der Waals surface area (Å²) >= 11 is 0. The van der Waals surface area contributed by atoms with Gasteiger partial charge in [0, 0.05) is 25.8 Å². The van der Waals surface area contributed by atoms with Gasteiger partial charge in [0.05, 0.1) is 18.0 Å². The molecule has 0 radical (unpaired) electrons. The average Bonchev–Trinajstić information content (AvgIpc) is 2.42. The second-order valence-electron chi connectivity index (χ2n) is 3.81. The maximum absolute atomic E-state index is 11.4. The molecule has 1 saturated heterocycles. The third-order valence-electron chi connectivity index (χ3n) is 2.30. The number of nitrogens with zero attached hydrogens (tertiary/aromatic N) is 1. The van der Waals surface area contributed by atoms with E-state index in [1.165, 1.54) is 4.90 Å². The Morgan fingerprint density at radius 2 is 1.80 bits per heavy atom. The van der Waals surface area contributed by atoms with Gasteiger partial charge < -0.3 is 15.1 Å². The van der Waals surface area contributed by atoms with Crippen LogP contribution >= 0.6 is 0 Å². The summed E-state index contributed by atoms with van der Waals surface area (Å²) in [4.78, 5) is 12.7. The molecule has 2 N–H and O–H groups in total. The summed E-state index contributed by atoms with van der Waals surface area (Å²) in [5.74, 6) is -0.551. The van der Waals surface area contributed by atoms with Gasteiger partial charge in [-0.25, -0.2) is 8.42 Å². The summed E-state index contributed by atoms with van der Waals surface area (Å²) in [6, 6.07) is 0. The maximum atomic E-state index is 11.4. The predicted molar refractivity (Wildman–Crippen MR) is 52.9 cm³/mol. The van der Waals surface area contributed by atoms with Crippen LogP contribution in [0.5, 0.6) is 0 Å². The van der Waals surface area contributed by atoms with E-state index in [9.17, 15) is 23.4 Å². The molecule has 0 bridgehead atoms. The molecule has 1 aliphatic heterocycles. The van der Waals surface area contributed by atoms with Crippen molar-refractivity contribution in [2.75, 3.05) is 25.1 Å². The molecule has 1 rings (SSSR count). The topological polar surface area (TPSA) is 94.9 Å². The Hall–Kier alpha value is -0.660. The minimum atomic E-state index is -3.15. The molecule has 0 aromatic carbocycles. The Labute approximate surface area is 88.4 Å². The SMILES string of the molecule is CS(=O)(=O)CCC(=O)N1C[C@@H](O)[C@@H](O)C1. The third-order valence-corrected chi connectivity index (χ3v) is 3.24. The van der Waals surface area contributed by atoms with Crippen LogP contribution in [-0.2, 0) is 14.6 Å². The Morgan fingerprint density at radius 1 is 1.33 bits per heavy atom. The molecule has 0 aromatic heterocycles. The molecular formula is C8H15NO5S. The molecule has 88 valence electrons. The van der Waals surface area contributed by atoms with E-state index in [-0.39, 0.29) is 31.2 Å². The van der Waals surface area contributed by atoms with Crippen LogP contribution in [0.15, 0.2) is 0 Å². The van der Waals surface area contributed by atoms with E-state index in [2.05, 4.69) is 0 Å². The smallest absolute Gasteiger partial charge is 0.223 e. The first kappa shape index (κ1) is 12.4. The number of β-amino-alcohol motifs (C(OH)–C–C–N with tert-alkyl or cyclic N) is 2. The normalized spacial score (nSPS) is 27.0. The average molecular weight is 237 g/mol. The molecule has 1 fully saturated rings. The van der Waals surface area contributed by atoms with Gasteiger partial charge >= 0.3 is 0 Å². The highest BCUT2D eigenvalue weighted by atomic mass is 32.2. The number of carbonyl (C=O) groups is 1. The van der Waals surface area contributed by atoms with Crippen molar-refractivity contribution < 1.29 is 23.4 Å². The lowest BCUT2D eigenvalue weighted by Crippen LogP contribution is -2.31. The molecule has 6 nitrogen and oxygen atoms in total. The number of aliphatic hydroxyl groups excluding tert-OH is 2. The number of aliphatic hydroxyl groups is 2. The number of hydrogen-bond acceptors (Lipinski definition) is 5. The minimum absolute atomic E-state index is 0.0732. The molecule has 1 heterocycles. The zero-order valence-corrected chi connectivity index (χ0v) is 9.27. The van der Waals surface area contributed by atoms with Crippen LogP contribution in [0.1, 0.15) is 6.42 Å². The maximum Gasteiger partial charge on any atom is 0.223 e. The minimum Gasteiger partial charge on any atom is -0.388 e. The summed E-state index contributed by atoms with van der Waals surface area (Å²) in [5, 5.41) is 18.4. The van der Waals surface area contributed by atoms with E-state index in [1.807, 2.05) is 0 Å². The van der Waals surface area contributed by atoms with E-state index in [1.54, 1.807) is 0 Å². The van der Waals surface area contributed by atoms with E-state index < -0.39 is 22.0 Å². The molecule has 0 spiro atoms. The van der Waals surface area contributed by atoms with Crippen LogP contribution in [0.25, 0.3) is 0 Å². The van der Waals surface area contributed by atoms with Crippen LogP contribution < -0.4 is 0 Å². The highest BCUT2D eigenvalue weighted by molar-refractivity contribution is 7.90. The quantitative estimate of drug-likeness (QED) is 0.591. The van der Waals surface area contributed by atoms with Crippen LogP contribution in [0.3, 0.4) is 0 Å². The number of rotatable bonds is 3. The number of likely N-dealkylation sites (tertiary alicyclic amines) is 1. The van der Waals surface area contributed by atoms with Gasteiger partial charge in [-0.1, -0.05) is 0 Å². The van der Waals surface area contributed by atoms with Gasteiger partial charge in [-0.05, 0) is 0 Å². The van der Waals surface area contributed by atoms with E-state index in [0.29, 0.717) is 0 Å². The van der Waals surface area contributed by atoms with Crippen molar-refractivity contribution in [2.45, 2.75) is 18.6 Å². The zero-order chi connectivity index (χ0) is 11.6. The van der Waals surface area contributed by atoms with Crippen molar-refractivity contribution in [1.82, 2.24) is 4.90 Å². The molecule has 0 aromatic rings. The Bertz CT molecular complexity index is 329. The second-order valence-corrected chi connectivity index (χ2v) is 6.07. The fourth-order valence-electron chi connectivity index (χ4n) is 1.40. The Kier molecular flexibility index (Phi) is 3.69. The fraction of sp³-hybridized carbons (Fsp3) is 0.875. The highest BCUT2D eigenvalue weighted by Crippen LogP contribution is 2.11. The van der Waals surface area contributed by atoms with Crippen LogP contribution in [0.4, 0.5) is 0 Å². The number of hydrogen-bond donors (Lipinski definition) is 2. The molecule has 15 heavy (non-hydrogen) atoms. The molecule has 2 atom stereocenters. The van der Waals surface area contributed by atoms with Crippen molar-refractivity contribution in [3.05, 3.63) is 0 Å². The summed E-state index contributed by atoms with van der Waals surface area (Å²) < 4.78 is 21.6. The zero-order valence-electron chi connectivity index (χ0n) is 8.46. The van der Waals surface area contributed by atoms with Gasteiger partial charge in [-0.15, -0.1) is 0 Å². The van der Waals surface area contributed by atoms with Gasteiger partial charge in [-0.3, -0.25) is 4.79 Å². The summed E-state index contributed by atoms with van der Waals surface area (Å²) in [6.45, 7) is 0.146. The first-order chi connectivity index (χ1) is 6.79. The molecule has 7 heteroatoms. The largest absolute Gasteiger partial charge is 0.388 e. The lowest BCUT2D eigenvalue weighted by molar-refractivity contribution is -0.130. The van der Waals surface area contributed by atoms with Gasteiger partial charge in [0.25, 0.3) is 0 Å². The lowest BCUT2D eigenvalue weighted by atomic mass is 10.3. The molecule has 0 aliphatic carbocycles. The van der Waals surface area contributed by atoms with Gasteiger partial charge in [0.2, 0.25) is 5.91 Å². The number of amides is 1. The van der Waals surface area contributed by atoms with Crippen molar-refractivity contribution in [1.29, 1.82) is 0 Å². The van der Waals surface area contributed by atoms with Crippen LogP contribution in [0, 0.1) is 0 Å². The first-order valence-electron chi connectivity index (χ1n) is 4.61. The molecular weight excluding hydrogens is 222 g/mol. The second kappa shape index (κ2) is 4.46. The molecule has 1 aliphatic rings. The number of carbonyl (C=O) groups excluding carboxylic acids is 1. The van der Waals surface area contributed by atoms with E-state index in [0.717, 1.165) is 6.26 Å². The van der Waals surface area contributed by atoms with Crippen molar-refractivity contribution in [3.8, 4) is 0 Å². The Balaban J connectivity index is 2.43. The summed E-state index contributed by atoms with van der Waals surface area (Å²) in [5.41, 5.74) is 0. The van der Waals surface area contributed by atoms with Gasteiger partial charge in [0.1, 0.15) is 9.84 Å². The predicted octanol–water partition coefficient (Wildman–Crippen LogP) is -2.01. The van der Waals surface area contributed by atoms with Crippen molar-refractivity contribution in [3.63, 3.8) is 0 Å². The number of sulfone groups is 1. The first-order valence-corrected chi connectivity index (χ1v) is 6.67.